The lowest BCUT2D eigenvalue weighted by Crippen LogP contribution is -3.11. The second-order valence-corrected chi connectivity index (χ2v) is 5.15. The molecular formula is C13H19N2+. The van der Waals surface area contributed by atoms with E-state index >= 15 is 0 Å². The first-order valence-corrected chi connectivity index (χ1v) is 5.92. The molecule has 3 atom stereocenters. The van der Waals surface area contributed by atoms with Gasteiger partial charge in [0, 0.05) is 18.2 Å². The molecule has 2 aliphatic heterocycles. The molecular weight excluding hydrogens is 184 g/mol. The molecule has 0 saturated carbocycles. The number of hydrogen-bond donors (Lipinski definition) is 2. The van der Waals surface area contributed by atoms with E-state index in [0.29, 0.717) is 6.04 Å². The smallest absolute Gasteiger partial charge is 0.0859 e. The molecule has 1 unspecified atom stereocenters. The Labute approximate surface area is 91.3 Å². The number of hydrogen-bond acceptors (Lipinski definition) is 1. The minimum absolute atomic E-state index is 0.700. The molecule has 1 fully saturated rings. The highest BCUT2D eigenvalue weighted by Crippen LogP contribution is 2.37. The van der Waals surface area contributed by atoms with E-state index in [4.69, 9.17) is 0 Å². The van der Waals surface area contributed by atoms with Crippen LogP contribution in [-0.4, -0.2) is 26.2 Å². The van der Waals surface area contributed by atoms with Crippen LogP contribution in [0.3, 0.4) is 0 Å². The molecule has 1 saturated heterocycles. The van der Waals surface area contributed by atoms with Gasteiger partial charge in [0.2, 0.25) is 0 Å². The van der Waals surface area contributed by atoms with Crippen LogP contribution in [0.15, 0.2) is 18.2 Å². The Hall–Kier alpha value is -1.02. The molecule has 0 radical (unpaired) electrons. The maximum atomic E-state index is 3.67. The number of anilines is 1. The molecule has 0 spiro atoms. The van der Waals surface area contributed by atoms with E-state index in [2.05, 4.69) is 37.5 Å². The van der Waals surface area contributed by atoms with Crippen molar-refractivity contribution in [2.24, 2.45) is 0 Å². The molecule has 2 aliphatic rings. The number of nitrogens with one attached hydrogen (secondary N) is 2. The maximum absolute atomic E-state index is 3.67. The quantitative estimate of drug-likeness (QED) is 0.637. The highest BCUT2D eigenvalue weighted by molar-refractivity contribution is 5.60. The molecule has 2 nitrogen and oxygen atoms in total. The lowest BCUT2D eigenvalue weighted by atomic mass is 9.89. The van der Waals surface area contributed by atoms with Crippen molar-refractivity contribution in [3.8, 4) is 0 Å². The Morgan fingerprint density at radius 3 is 3.13 bits per heavy atom. The summed E-state index contributed by atoms with van der Waals surface area (Å²) in [4.78, 5) is 1.67. The number of likely N-dealkylation sites (tertiary alicyclic amines) is 1. The molecule has 1 aromatic rings. The van der Waals surface area contributed by atoms with Gasteiger partial charge in [-0.2, -0.15) is 0 Å². The fourth-order valence-corrected chi connectivity index (χ4v) is 3.04. The van der Waals surface area contributed by atoms with E-state index in [1.165, 1.54) is 30.8 Å². The van der Waals surface area contributed by atoms with Gasteiger partial charge in [-0.05, 0) is 18.6 Å². The van der Waals surface area contributed by atoms with Gasteiger partial charge in [-0.3, -0.25) is 0 Å². The van der Waals surface area contributed by atoms with Crippen molar-refractivity contribution < 1.29 is 4.90 Å². The first-order chi connectivity index (χ1) is 7.24. The second-order valence-electron chi connectivity index (χ2n) is 5.15. The van der Waals surface area contributed by atoms with E-state index in [9.17, 15) is 0 Å². The van der Waals surface area contributed by atoms with Crippen LogP contribution in [0.25, 0.3) is 0 Å². The van der Waals surface area contributed by atoms with E-state index in [-0.39, 0.29) is 0 Å². The minimum Gasteiger partial charge on any atom is -0.381 e. The van der Waals surface area contributed by atoms with Crippen LogP contribution in [0.2, 0.25) is 0 Å². The van der Waals surface area contributed by atoms with E-state index < -0.39 is 0 Å². The van der Waals surface area contributed by atoms with Crippen LogP contribution in [0, 0.1) is 6.92 Å². The summed E-state index contributed by atoms with van der Waals surface area (Å²) in [5.74, 6) is 0.744. The summed E-state index contributed by atoms with van der Waals surface area (Å²) >= 11 is 0. The van der Waals surface area contributed by atoms with Crippen molar-refractivity contribution in [3.05, 3.63) is 29.3 Å². The molecule has 2 heterocycles. The van der Waals surface area contributed by atoms with Crippen LogP contribution < -0.4 is 10.2 Å². The van der Waals surface area contributed by atoms with Gasteiger partial charge in [0.1, 0.15) is 0 Å². The predicted molar refractivity (Wildman–Crippen MR) is 62.6 cm³/mol. The third-order valence-electron chi connectivity index (χ3n) is 3.88. The van der Waals surface area contributed by atoms with Gasteiger partial charge in [0.05, 0.1) is 26.1 Å². The summed E-state index contributed by atoms with van der Waals surface area (Å²) in [5, 5.41) is 3.67. The van der Waals surface area contributed by atoms with E-state index in [1.54, 1.807) is 10.5 Å². The molecule has 2 heteroatoms. The van der Waals surface area contributed by atoms with Gasteiger partial charge in [-0.15, -0.1) is 0 Å². The molecule has 2 N–H and O–H groups in total. The number of quaternary nitrogens is 1. The van der Waals surface area contributed by atoms with Crippen LogP contribution in [0.4, 0.5) is 5.69 Å². The number of benzene rings is 1. The SMILES string of the molecule is Cc1ccc2c(c1)[C@H]1C[NH+](C)CC[C@@H]1N2. The highest BCUT2D eigenvalue weighted by atomic mass is 15.1. The van der Waals surface area contributed by atoms with Crippen molar-refractivity contribution in [2.45, 2.75) is 25.3 Å². The normalized spacial score (nSPS) is 33.1. The summed E-state index contributed by atoms with van der Waals surface area (Å²) in [7, 11) is 2.31. The molecule has 15 heavy (non-hydrogen) atoms. The molecule has 0 amide bonds. The zero-order chi connectivity index (χ0) is 10.4. The number of rotatable bonds is 0. The third-order valence-corrected chi connectivity index (χ3v) is 3.88. The zero-order valence-electron chi connectivity index (χ0n) is 9.51. The predicted octanol–water partition coefficient (Wildman–Crippen LogP) is 0.791. The first kappa shape index (κ1) is 9.22. The van der Waals surface area contributed by atoms with E-state index in [1.807, 2.05) is 0 Å². The average molecular weight is 203 g/mol. The van der Waals surface area contributed by atoms with Crippen LogP contribution in [-0.2, 0) is 0 Å². The van der Waals surface area contributed by atoms with Crippen LogP contribution >= 0.6 is 0 Å². The summed E-state index contributed by atoms with van der Waals surface area (Å²) in [5.41, 5.74) is 4.32. The van der Waals surface area contributed by atoms with Crippen LogP contribution in [0.1, 0.15) is 23.5 Å². The van der Waals surface area contributed by atoms with Crippen molar-refractivity contribution in [1.82, 2.24) is 0 Å². The van der Waals surface area contributed by atoms with Gasteiger partial charge in [0.15, 0.2) is 0 Å². The topological polar surface area (TPSA) is 16.5 Å². The summed E-state index contributed by atoms with van der Waals surface area (Å²) in [6.07, 6.45) is 1.31. The first-order valence-electron chi connectivity index (χ1n) is 5.92. The van der Waals surface area contributed by atoms with Gasteiger partial charge >= 0.3 is 0 Å². The van der Waals surface area contributed by atoms with Crippen LogP contribution in [0.5, 0.6) is 0 Å². The minimum atomic E-state index is 0.700. The lowest BCUT2D eigenvalue weighted by Gasteiger charge is -2.29. The summed E-state index contributed by atoms with van der Waals surface area (Å²) < 4.78 is 0. The third kappa shape index (κ3) is 1.44. The largest absolute Gasteiger partial charge is 0.381 e. The number of fused-ring (bicyclic) bond motifs is 3. The summed E-state index contributed by atoms with van der Waals surface area (Å²) in [6, 6.07) is 7.52. The fraction of sp³-hybridized carbons (Fsp3) is 0.538. The van der Waals surface area contributed by atoms with Crippen molar-refractivity contribution in [1.29, 1.82) is 0 Å². The van der Waals surface area contributed by atoms with Gasteiger partial charge < -0.3 is 10.2 Å². The van der Waals surface area contributed by atoms with E-state index in [0.717, 1.165) is 5.92 Å². The Balaban J connectivity index is 1.98. The maximum Gasteiger partial charge on any atom is 0.0859 e. The molecule has 3 rings (SSSR count). The number of likely N-dealkylation sites (N-methyl/N-ethyl adjacent to an activating group) is 1. The van der Waals surface area contributed by atoms with Gasteiger partial charge in [-0.25, -0.2) is 0 Å². The van der Waals surface area contributed by atoms with Gasteiger partial charge in [0.25, 0.3) is 0 Å². The number of piperidine rings is 1. The Kier molecular flexibility index (Phi) is 1.99. The zero-order valence-corrected chi connectivity index (χ0v) is 9.51. The molecule has 0 bridgehead atoms. The highest BCUT2D eigenvalue weighted by Gasteiger charge is 2.37. The molecule has 80 valence electrons. The fourth-order valence-electron chi connectivity index (χ4n) is 3.04. The van der Waals surface area contributed by atoms with Crippen molar-refractivity contribution in [3.63, 3.8) is 0 Å². The average Bonchev–Trinajstić information content (AvgIpc) is 2.56. The molecule has 0 aromatic heterocycles. The monoisotopic (exact) mass is 203 g/mol. The number of aryl methyl sites for hydroxylation is 1. The Bertz CT molecular complexity index is 386. The lowest BCUT2D eigenvalue weighted by molar-refractivity contribution is -0.886. The Morgan fingerprint density at radius 1 is 1.40 bits per heavy atom. The standard InChI is InChI=1S/C13H18N2/c1-9-3-4-12-10(7-9)11-8-15(2)6-5-13(11)14-12/h3-4,7,11,13-14H,5-6,8H2,1-2H3/p+1/t11-,13+/m1/s1. The molecule has 1 aromatic carbocycles. The van der Waals surface area contributed by atoms with Gasteiger partial charge in [-0.1, -0.05) is 17.7 Å². The second kappa shape index (κ2) is 3.24. The van der Waals surface area contributed by atoms with Crippen molar-refractivity contribution >= 4 is 5.69 Å². The van der Waals surface area contributed by atoms with Crippen molar-refractivity contribution in [2.75, 3.05) is 25.5 Å². The molecule has 0 aliphatic carbocycles. The summed E-state index contributed by atoms with van der Waals surface area (Å²) in [6.45, 7) is 4.78. The Morgan fingerprint density at radius 2 is 2.27 bits per heavy atom.